The van der Waals surface area contributed by atoms with E-state index in [0.29, 0.717) is 24.0 Å². The third kappa shape index (κ3) is 4.48. The maximum absolute atomic E-state index is 12.7. The Morgan fingerprint density at radius 2 is 1.92 bits per heavy atom. The fourth-order valence-corrected chi connectivity index (χ4v) is 11.4. The average Bonchev–Trinajstić information content (AvgIpc) is 3.50. The summed E-state index contributed by atoms with van der Waals surface area (Å²) < 4.78 is 5.77. The van der Waals surface area contributed by atoms with Crippen molar-refractivity contribution in [1.29, 1.82) is 0 Å². The molecule has 1 aliphatic heterocycles. The van der Waals surface area contributed by atoms with Crippen LogP contribution in [-0.4, -0.2) is 35.4 Å². The Morgan fingerprint density at radius 3 is 2.76 bits per heavy atom. The molecule has 1 N–H and O–H groups in total. The number of hydrogen-bond acceptors (Lipinski definition) is 4. The van der Waals surface area contributed by atoms with Crippen LogP contribution in [0.5, 0.6) is 0 Å². The van der Waals surface area contributed by atoms with Crippen LogP contribution in [0.1, 0.15) is 102 Å². The third-order valence-corrected chi connectivity index (χ3v) is 13.5. The molecule has 4 nitrogen and oxygen atoms in total. The second-order valence-electron chi connectivity index (χ2n) is 13.9. The summed E-state index contributed by atoms with van der Waals surface area (Å²) in [6.07, 6.45) is 14.5. The molecule has 4 aliphatic carbocycles. The molecule has 9 atom stereocenters. The number of aliphatic hydroxyl groups is 1. The molecule has 206 valence electrons. The van der Waals surface area contributed by atoms with Gasteiger partial charge in [0, 0.05) is 11.4 Å². The van der Waals surface area contributed by atoms with E-state index < -0.39 is 0 Å². The van der Waals surface area contributed by atoms with Gasteiger partial charge >= 0.3 is 6.09 Å². The zero-order valence-electron chi connectivity index (χ0n) is 23.4. The molecule has 5 aliphatic rings. The topological polar surface area (TPSA) is 49.8 Å². The number of rotatable bonds is 5. The minimum atomic E-state index is -0.124. The van der Waals surface area contributed by atoms with Crippen LogP contribution >= 0.6 is 11.3 Å². The normalized spacial score (nSPS) is 42.9. The van der Waals surface area contributed by atoms with Crippen molar-refractivity contribution in [2.75, 3.05) is 13.2 Å². The van der Waals surface area contributed by atoms with Gasteiger partial charge in [0.25, 0.3) is 0 Å². The predicted octanol–water partition coefficient (Wildman–Crippen LogP) is 7.68. The summed E-state index contributed by atoms with van der Waals surface area (Å²) in [5, 5.41) is 12.6. The first-order chi connectivity index (χ1) is 17.8. The van der Waals surface area contributed by atoms with E-state index in [9.17, 15) is 9.90 Å². The lowest BCUT2D eigenvalue weighted by Crippen LogP contribution is -2.56. The van der Waals surface area contributed by atoms with Gasteiger partial charge in [-0.15, -0.1) is 11.3 Å². The van der Waals surface area contributed by atoms with E-state index in [-0.39, 0.29) is 12.2 Å². The molecule has 1 amide bonds. The van der Waals surface area contributed by atoms with E-state index >= 15 is 0 Å². The standard InChI is InChI=1S/C32H49NO3S/c1-4-21-18-25-26-8-7-23(6-5-16-36-30(35)33-15-11-29-22(20-33)12-17-37-29)31(26,2)14-10-27(25)32(3)13-9-24(34)19-28(21)32/h12,17,21,23-28,34H,4-11,13-16,18-20H2,1-3H3/t21-,23-,24+,25-,26-,27-,28-,31+,32+/m0/s1. The van der Waals surface area contributed by atoms with Gasteiger partial charge in [-0.05, 0) is 134 Å². The van der Waals surface area contributed by atoms with E-state index in [1.54, 1.807) is 0 Å². The monoisotopic (exact) mass is 527 g/mol. The Kier molecular flexibility index (Phi) is 7.18. The smallest absolute Gasteiger partial charge is 0.410 e. The van der Waals surface area contributed by atoms with Gasteiger partial charge in [0.2, 0.25) is 0 Å². The summed E-state index contributed by atoms with van der Waals surface area (Å²) in [7, 11) is 0. The van der Waals surface area contributed by atoms with Crippen molar-refractivity contribution in [2.24, 2.45) is 46.3 Å². The van der Waals surface area contributed by atoms with Crippen LogP contribution in [0, 0.1) is 46.3 Å². The second-order valence-corrected chi connectivity index (χ2v) is 14.9. The number of carbonyl (C=O) groups is 1. The first kappa shape index (κ1) is 26.2. The zero-order chi connectivity index (χ0) is 25.8. The predicted molar refractivity (Wildman–Crippen MR) is 149 cm³/mol. The number of nitrogens with zero attached hydrogens (tertiary/aromatic N) is 1. The first-order valence-corrected chi connectivity index (χ1v) is 16.4. The molecule has 0 bridgehead atoms. The molecule has 0 unspecified atom stereocenters. The second kappa shape index (κ2) is 10.2. The van der Waals surface area contributed by atoms with Crippen LogP contribution in [0.3, 0.4) is 0 Å². The van der Waals surface area contributed by atoms with E-state index in [1.165, 1.54) is 61.8 Å². The highest BCUT2D eigenvalue weighted by Crippen LogP contribution is 2.69. The van der Waals surface area contributed by atoms with Crippen LogP contribution < -0.4 is 0 Å². The van der Waals surface area contributed by atoms with Crippen LogP contribution in [0.4, 0.5) is 4.79 Å². The van der Waals surface area contributed by atoms with Crippen molar-refractivity contribution in [2.45, 2.75) is 110 Å². The average molecular weight is 528 g/mol. The fraction of sp³-hybridized carbons (Fsp3) is 0.844. The molecular formula is C32H49NO3S. The van der Waals surface area contributed by atoms with Gasteiger partial charge in [-0.3, -0.25) is 0 Å². The zero-order valence-corrected chi connectivity index (χ0v) is 24.2. The summed E-state index contributed by atoms with van der Waals surface area (Å²) >= 11 is 1.81. The lowest BCUT2D eigenvalue weighted by atomic mass is 9.42. The highest BCUT2D eigenvalue weighted by molar-refractivity contribution is 7.10. The number of aliphatic hydroxyl groups excluding tert-OH is 1. The summed E-state index contributed by atoms with van der Waals surface area (Å²) in [4.78, 5) is 16.0. The molecule has 2 heterocycles. The van der Waals surface area contributed by atoms with Crippen LogP contribution in [0.2, 0.25) is 0 Å². The molecular weight excluding hydrogens is 478 g/mol. The summed E-state index contributed by atoms with van der Waals surface area (Å²) in [6.45, 7) is 9.71. The maximum Gasteiger partial charge on any atom is 0.410 e. The highest BCUT2D eigenvalue weighted by Gasteiger charge is 2.61. The van der Waals surface area contributed by atoms with E-state index in [0.717, 1.165) is 67.7 Å². The van der Waals surface area contributed by atoms with Crippen molar-refractivity contribution in [3.8, 4) is 0 Å². The molecule has 0 radical (unpaired) electrons. The maximum atomic E-state index is 12.7. The van der Waals surface area contributed by atoms with Crippen molar-refractivity contribution < 1.29 is 14.6 Å². The first-order valence-electron chi connectivity index (χ1n) is 15.5. The van der Waals surface area contributed by atoms with Gasteiger partial charge in [0.15, 0.2) is 0 Å². The largest absolute Gasteiger partial charge is 0.449 e. The van der Waals surface area contributed by atoms with E-state index in [2.05, 4.69) is 32.2 Å². The van der Waals surface area contributed by atoms with E-state index in [4.69, 9.17) is 4.74 Å². The molecule has 4 saturated carbocycles. The molecule has 1 aromatic rings. The third-order valence-electron chi connectivity index (χ3n) is 12.5. The molecule has 0 saturated heterocycles. The number of ether oxygens (including phenoxy) is 1. The van der Waals surface area contributed by atoms with Gasteiger partial charge in [-0.1, -0.05) is 27.2 Å². The number of amides is 1. The summed E-state index contributed by atoms with van der Waals surface area (Å²) in [5.41, 5.74) is 2.20. The van der Waals surface area contributed by atoms with E-state index in [1.807, 2.05) is 16.2 Å². The Hall–Kier alpha value is -1.07. The van der Waals surface area contributed by atoms with Gasteiger partial charge in [-0.25, -0.2) is 4.79 Å². The fourth-order valence-electron chi connectivity index (χ4n) is 10.5. The molecule has 0 aromatic carbocycles. The minimum Gasteiger partial charge on any atom is -0.449 e. The lowest BCUT2D eigenvalue weighted by molar-refractivity contribution is -0.150. The number of hydrogen-bond donors (Lipinski definition) is 1. The molecule has 6 rings (SSSR count). The quantitative estimate of drug-likeness (QED) is 0.400. The van der Waals surface area contributed by atoms with Crippen LogP contribution in [0.15, 0.2) is 11.4 Å². The van der Waals surface area contributed by atoms with Gasteiger partial charge in [0.1, 0.15) is 0 Å². The summed E-state index contributed by atoms with van der Waals surface area (Å²) in [5.74, 6) is 4.90. The highest BCUT2D eigenvalue weighted by atomic mass is 32.1. The van der Waals surface area contributed by atoms with Gasteiger partial charge in [0.05, 0.1) is 19.3 Å². The molecule has 5 heteroatoms. The van der Waals surface area contributed by atoms with Crippen molar-refractivity contribution in [3.63, 3.8) is 0 Å². The lowest BCUT2D eigenvalue weighted by Gasteiger charge is -2.63. The Balaban J connectivity index is 1.05. The van der Waals surface area contributed by atoms with Gasteiger partial charge < -0.3 is 14.7 Å². The number of fused-ring (bicyclic) bond motifs is 6. The molecule has 1 aromatic heterocycles. The molecule has 4 fully saturated rings. The Bertz CT molecular complexity index is 977. The van der Waals surface area contributed by atoms with Crippen molar-refractivity contribution >= 4 is 17.4 Å². The minimum absolute atomic E-state index is 0.0643. The Labute approximate surface area is 228 Å². The van der Waals surface area contributed by atoms with Crippen LogP contribution in [-0.2, 0) is 17.7 Å². The Morgan fingerprint density at radius 1 is 1.11 bits per heavy atom. The SMILES string of the molecule is CC[C@H]1C[C@@H]2[C@H](CC[C@]3(C)[C@@H](CCCOC(=O)N4CCc5sccc5C4)CC[C@@H]23)[C@@]2(C)CC[C@@H](O)C[C@@H]12. The van der Waals surface area contributed by atoms with Gasteiger partial charge in [-0.2, -0.15) is 0 Å². The van der Waals surface area contributed by atoms with Crippen molar-refractivity contribution in [1.82, 2.24) is 4.90 Å². The summed E-state index contributed by atoms with van der Waals surface area (Å²) in [6, 6.07) is 2.15. The molecule has 0 spiro atoms. The number of carbonyl (C=O) groups excluding carboxylic acids is 1. The van der Waals surface area contributed by atoms with Crippen LogP contribution in [0.25, 0.3) is 0 Å². The van der Waals surface area contributed by atoms with Crippen molar-refractivity contribution in [3.05, 3.63) is 21.9 Å². The molecule has 37 heavy (non-hydrogen) atoms. The number of thiophene rings is 1.